The Balaban J connectivity index is 1.47. The van der Waals surface area contributed by atoms with Crippen LogP contribution in [0.3, 0.4) is 0 Å². The highest BCUT2D eigenvalue weighted by Gasteiger charge is 2.54. The van der Waals surface area contributed by atoms with Gasteiger partial charge in [0, 0.05) is 31.6 Å². The predicted octanol–water partition coefficient (Wildman–Crippen LogP) is 3.11. The number of carbonyl (C=O) groups is 2. The van der Waals surface area contributed by atoms with Crippen molar-refractivity contribution in [3.63, 3.8) is 0 Å². The van der Waals surface area contributed by atoms with Crippen molar-refractivity contribution >= 4 is 11.8 Å². The van der Waals surface area contributed by atoms with E-state index in [2.05, 4.69) is 0 Å². The molecule has 1 atom stereocenters. The maximum absolute atomic E-state index is 13.5. The number of hydrogen-bond donors (Lipinski definition) is 0. The number of benzene rings is 1. The van der Waals surface area contributed by atoms with Crippen LogP contribution in [0.2, 0.25) is 0 Å². The van der Waals surface area contributed by atoms with Crippen LogP contribution in [0.4, 0.5) is 8.78 Å². The van der Waals surface area contributed by atoms with Crippen molar-refractivity contribution in [2.24, 2.45) is 10.8 Å². The third-order valence-corrected chi connectivity index (χ3v) is 6.34. The Bertz CT molecular complexity index is 762. The molecule has 1 aliphatic carbocycles. The standard InChI is InChI=1S/C20H24F2N2O2/c1-19(6-7-19)17(25)24-10-8-20(13-24)5-2-9-23(18(20)26)12-14-3-4-15(21)16(22)11-14/h3-4,11H,2,5-10,12-13H2,1H3. The Morgan fingerprint density at radius 3 is 2.58 bits per heavy atom. The third kappa shape index (κ3) is 2.89. The van der Waals surface area contributed by atoms with Crippen molar-refractivity contribution in [1.29, 1.82) is 0 Å². The molecule has 1 aromatic carbocycles. The zero-order chi connectivity index (χ0) is 18.5. The first-order valence-electron chi connectivity index (χ1n) is 9.36. The maximum Gasteiger partial charge on any atom is 0.230 e. The molecule has 2 amide bonds. The van der Waals surface area contributed by atoms with Crippen molar-refractivity contribution in [1.82, 2.24) is 9.80 Å². The second-order valence-corrected chi connectivity index (χ2v) is 8.40. The number of piperidine rings is 1. The summed E-state index contributed by atoms with van der Waals surface area (Å²) < 4.78 is 26.6. The van der Waals surface area contributed by atoms with Crippen LogP contribution in [0, 0.1) is 22.5 Å². The van der Waals surface area contributed by atoms with E-state index >= 15 is 0 Å². The Labute approximate surface area is 152 Å². The number of amides is 2. The van der Waals surface area contributed by atoms with Crippen LogP contribution in [-0.4, -0.2) is 41.2 Å². The molecule has 1 aromatic rings. The fourth-order valence-corrected chi connectivity index (χ4v) is 4.37. The second-order valence-electron chi connectivity index (χ2n) is 8.40. The van der Waals surface area contributed by atoms with Gasteiger partial charge < -0.3 is 9.80 Å². The molecule has 3 fully saturated rings. The Hall–Kier alpha value is -1.98. The number of carbonyl (C=O) groups excluding carboxylic acids is 2. The molecule has 2 saturated heterocycles. The van der Waals surface area contributed by atoms with Crippen molar-refractivity contribution in [2.45, 2.75) is 45.6 Å². The fraction of sp³-hybridized carbons (Fsp3) is 0.600. The average molecular weight is 362 g/mol. The minimum Gasteiger partial charge on any atom is -0.341 e. The van der Waals surface area contributed by atoms with Crippen LogP contribution in [-0.2, 0) is 16.1 Å². The molecule has 3 aliphatic rings. The van der Waals surface area contributed by atoms with Gasteiger partial charge in [-0.25, -0.2) is 8.78 Å². The lowest BCUT2D eigenvalue weighted by Crippen LogP contribution is -2.50. The Morgan fingerprint density at radius 2 is 1.88 bits per heavy atom. The van der Waals surface area contributed by atoms with E-state index in [0.717, 1.165) is 37.8 Å². The summed E-state index contributed by atoms with van der Waals surface area (Å²) >= 11 is 0. The van der Waals surface area contributed by atoms with Gasteiger partial charge in [0.15, 0.2) is 11.6 Å². The summed E-state index contributed by atoms with van der Waals surface area (Å²) in [6.07, 6.45) is 4.23. The molecule has 1 unspecified atom stereocenters. The molecule has 0 N–H and O–H groups in total. The smallest absolute Gasteiger partial charge is 0.230 e. The first-order valence-corrected chi connectivity index (χ1v) is 9.36. The van der Waals surface area contributed by atoms with E-state index in [1.54, 1.807) is 4.90 Å². The minimum absolute atomic E-state index is 0.0460. The van der Waals surface area contributed by atoms with Crippen molar-refractivity contribution < 1.29 is 18.4 Å². The van der Waals surface area contributed by atoms with Crippen LogP contribution < -0.4 is 0 Å². The summed E-state index contributed by atoms with van der Waals surface area (Å²) in [5, 5.41) is 0. The maximum atomic E-state index is 13.5. The first kappa shape index (κ1) is 17.4. The van der Waals surface area contributed by atoms with Crippen molar-refractivity contribution in [2.75, 3.05) is 19.6 Å². The third-order valence-electron chi connectivity index (χ3n) is 6.34. The van der Waals surface area contributed by atoms with Gasteiger partial charge in [-0.05, 0) is 49.8 Å². The summed E-state index contributed by atoms with van der Waals surface area (Å²) in [6, 6.07) is 3.77. The summed E-state index contributed by atoms with van der Waals surface area (Å²) in [5.74, 6) is -1.55. The topological polar surface area (TPSA) is 40.6 Å². The summed E-state index contributed by atoms with van der Waals surface area (Å²) in [7, 11) is 0. The second kappa shape index (κ2) is 6.03. The lowest BCUT2D eigenvalue weighted by Gasteiger charge is -2.39. The lowest BCUT2D eigenvalue weighted by atomic mass is 9.78. The highest BCUT2D eigenvalue weighted by Crippen LogP contribution is 2.49. The molecule has 0 radical (unpaired) electrons. The number of nitrogens with zero attached hydrogens (tertiary/aromatic N) is 2. The number of rotatable bonds is 3. The van der Waals surface area contributed by atoms with Gasteiger partial charge in [0.1, 0.15) is 0 Å². The molecular weight excluding hydrogens is 338 g/mol. The van der Waals surface area contributed by atoms with Gasteiger partial charge in [-0.2, -0.15) is 0 Å². The summed E-state index contributed by atoms with van der Waals surface area (Å²) in [4.78, 5) is 29.4. The van der Waals surface area contributed by atoms with Crippen LogP contribution in [0.25, 0.3) is 0 Å². The first-order chi connectivity index (χ1) is 12.3. The van der Waals surface area contributed by atoms with E-state index in [0.29, 0.717) is 31.6 Å². The van der Waals surface area contributed by atoms with Gasteiger partial charge in [-0.1, -0.05) is 13.0 Å². The van der Waals surface area contributed by atoms with E-state index < -0.39 is 17.0 Å². The largest absolute Gasteiger partial charge is 0.341 e. The molecular formula is C20H24F2N2O2. The molecule has 1 spiro atoms. The molecule has 4 rings (SSSR count). The zero-order valence-corrected chi connectivity index (χ0v) is 15.1. The summed E-state index contributed by atoms with van der Waals surface area (Å²) in [5.41, 5.74) is -0.127. The van der Waals surface area contributed by atoms with Gasteiger partial charge in [0.05, 0.1) is 5.41 Å². The molecule has 0 bridgehead atoms. The van der Waals surface area contributed by atoms with Gasteiger partial charge in [-0.3, -0.25) is 9.59 Å². The van der Waals surface area contributed by atoms with Gasteiger partial charge >= 0.3 is 0 Å². The average Bonchev–Trinajstić information content (AvgIpc) is 3.23. The molecule has 140 valence electrons. The minimum atomic E-state index is -0.892. The van der Waals surface area contributed by atoms with Crippen molar-refractivity contribution in [3.8, 4) is 0 Å². The van der Waals surface area contributed by atoms with E-state index in [-0.39, 0.29) is 23.8 Å². The van der Waals surface area contributed by atoms with Crippen LogP contribution in [0.5, 0.6) is 0 Å². The molecule has 0 aromatic heterocycles. The molecule has 26 heavy (non-hydrogen) atoms. The van der Waals surface area contributed by atoms with E-state index in [1.807, 2.05) is 11.8 Å². The Kier molecular flexibility index (Phi) is 4.04. The number of likely N-dealkylation sites (tertiary alicyclic amines) is 2. The number of hydrogen-bond acceptors (Lipinski definition) is 2. The van der Waals surface area contributed by atoms with Gasteiger partial charge in [0.2, 0.25) is 11.8 Å². The molecule has 4 nitrogen and oxygen atoms in total. The SMILES string of the molecule is CC1(C(=O)N2CCC3(CCCN(Cc4ccc(F)c(F)c4)C3=O)C2)CC1. The molecule has 2 heterocycles. The number of halogens is 2. The van der Waals surface area contributed by atoms with E-state index in [4.69, 9.17) is 0 Å². The molecule has 2 aliphatic heterocycles. The van der Waals surface area contributed by atoms with E-state index in [9.17, 15) is 18.4 Å². The van der Waals surface area contributed by atoms with E-state index in [1.165, 1.54) is 6.07 Å². The molecule has 1 saturated carbocycles. The van der Waals surface area contributed by atoms with Gasteiger partial charge in [0.25, 0.3) is 0 Å². The normalized spacial score (nSPS) is 27.3. The van der Waals surface area contributed by atoms with Crippen LogP contribution >= 0.6 is 0 Å². The lowest BCUT2D eigenvalue weighted by molar-refractivity contribution is -0.147. The van der Waals surface area contributed by atoms with Crippen LogP contribution in [0.15, 0.2) is 18.2 Å². The Morgan fingerprint density at radius 1 is 1.12 bits per heavy atom. The zero-order valence-electron chi connectivity index (χ0n) is 15.1. The van der Waals surface area contributed by atoms with Gasteiger partial charge in [-0.15, -0.1) is 0 Å². The summed E-state index contributed by atoms with van der Waals surface area (Å²) in [6.45, 7) is 4.03. The van der Waals surface area contributed by atoms with Crippen molar-refractivity contribution in [3.05, 3.63) is 35.4 Å². The highest BCUT2D eigenvalue weighted by atomic mass is 19.2. The monoisotopic (exact) mass is 362 g/mol. The predicted molar refractivity (Wildman–Crippen MR) is 92.0 cm³/mol. The quantitative estimate of drug-likeness (QED) is 0.829. The highest BCUT2D eigenvalue weighted by molar-refractivity contribution is 5.88. The van der Waals surface area contributed by atoms with Crippen LogP contribution in [0.1, 0.15) is 44.6 Å². The molecule has 6 heteroatoms. The fourth-order valence-electron chi connectivity index (χ4n) is 4.37.